The first-order valence-corrected chi connectivity index (χ1v) is 5.99. The second kappa shape index (κ2) is 6.32. The van der Waals surface area contributed by atoms with Gasteiger partial charge in [0.05, 0.1) is 11.5 Å². The molecule has 0 bridgehead atoms. The summed E-state index contributed by atoms with van der Waals surface area (Å²) >= 11 is 5.93. The van der Waals surface area contributed by atoms with E-state index in [1.54, 1.807) is 0 Å². The fourth-order valence-electron chi connectivity index (χ4n) is 1.45. The van der Waals surface area contributed by atoms with Crippen LogP contribution in [-0.2, 0) is 9.53 Å². The fourth-order valence-corrected chi connectivity index (χ4v) is 1.74. The predicted molar refractivity (Wildman–Crippen MR) is 68.9 cm³/mol. The van der Waals surface area contributed by atoms with Gasteiger partial charge in [-0.3, -0.25) is 10.1 Å². The predicted octanol–water partition coefficient (Wildman–Crippen LogP) is 1.69. The molecule has 0 aromatic heterocycles. The Hall–Kier alpha value is -2.17. The topological polar surface area (TPSA) is 113 Å². The third kappa shape index (κ3) is 3.04. The number of alkyl halides is 1. The lowest BCUT2D eigenvalue weighted by molar-refractivity contribution is -0.384. The van der Waals surface area contributed by atoms with Crippen molar-refractivity contribution in [2.24, 2.45) is 0 Å². The van der Waals surface area contributed by atoms with E-state index in [1.165, 1.54) is 25.1 Å². The van der Waals surface area contributed by atoms with Crippen molar-refractivity contribution in [2.45, 2.75) is 17.9 Å². The van der Waals surface area contributed by atoms with Crippen LogP contribution in [0.15, 0.2) is 24.3 Å². The number of nitro benzene ring substituents is 1. The highest BCUT2D eigenvalue weighted by molar-refractivity contribution is 6.23. The van der Waals surface area contributed by atoms with Crippen LogP contribution in [0.2, 0.25) is 0 Å². The summed E-state index contributed by atoms with van der Waals surface area (Å²) in [6, 6.07) is 6.26. The maximum atomic E-state index is 11.6. The van der Waals surface area contributed by atoms with Crippen molar-refractivity contribution in [3.8, 4) is 6.07 Å². The third-order valence-corrected chi connectivity index (χ3v) is 3.09. The number of ether oxygens (including phenoxy) is 1. The van der Waals surface area contributed by atoms with Gasteiger partial charge in [-0.1, -0.05) is 12.1 Å². The molecule has 0 radical (unpaired) electrons. The highest BCUT2D eigenvalue weighted by Crippen LogP contribution is 2.34. The molecule has 2 unspecified atom stereocenters. The molecule has 1 aromatic rings. The number of hydrogen-bond donors (Lipinski definition) is 1. The van der Waals surface area contributed by atoms with Crippen LogP contribution in [0, 0.1) is 21.4 Å². The van der Waals surface area contributed by atoms with Crippen LogP contribution in [0.4, 0.5) is 5.69 Å². The van der Waals surface area contributed by atoms with E-state index in [9.17, 15) is 20.0 Å². The highest BCUT2D eigenvalue weighted by Gasteiger charge is 2.46. The smallest absolute Gasteiger partial charge is 0.355 e. The minimum Gasteiger partial charge on any atom is -0.463 e. The van der Waals surface area contributed by atoms with Crippen molar-refractivity contribution in [1.29, 1.82) is 5.26 Å². The van der Waals surface area contributed by atoms with E-state index in [4.69, 9.17) is 16.9 Å². The average Bonchev–Trinajstić information content (AvgIpc) is 2.45. The first kappa shape index (κ1) is 15.9. The van der Waals surface area contributed by atoms with Gasteiger partial charge in [0.1, 0.15) is 11.4 Å². The Balaban J connectivity index is 3.08. The van der Waals surface area contributed by atoms with Gasteiger partial charge in [-0.15, -0.1) is 11.6 Å². The molecule has 7 nitrogen and oxygen atoms in total. The van der Waals surface area contributed by atoms with Crippen LogP contribution in [0.5, 0.6) is 0 Å². The van der Waals surface area contributed by atoms with E-state index in [2.05, 4.69) is 4.74 Å². The van der Waals surface area contributed by atoms with Crippen LogP contribution in [-0.4, -0.2) is 28.2 Å². The SMILES string of the molecule is CCOC(=O)C(O)(C#N)C(Cl)c1ccc([N+](=O)[O-])cc1. The first-order chi connectivity index (χ1) is 9.36. The number of esters is 1. The minimum absolute atomic E-state index is 0.0211. The molecule has 0 spiro atoms. The Morgan fingerprint density at radius 3 is 2.55 bits per heavy atom. The molecule has 0 fully saturated rings. The molecule has 1 rings (SSSR count). The van der Waals surface area contributed by atoms with Crippen LogP contribution >= 0.6 is 11.6 Å². The number of carbonyl (C=O) groups is 1. The van der Waals surface area contributed by atoms with Crippen LogP contribution in [0.1, 0.15) is 17.9 Å². The van der Waals surface area contributed by atoms with Crippen LogP contribution in [0.25, 0.3) is 0 Å². The Labute approximate surface area is 119 Å². The Kier molecular flexibility index (Phi) is 5.02. The summed E-state index contributed by atoms with van der Waals surface area (Å²) in [5.74, 6) is -1.17. The summed E-state index contributed by atoms with van der Waals surface area (Å²) in [7, 11) is 0. The number of hydrogen-bond acceptors (Lipinski definition) is 6. The van der Waals surface area contributed by atoms with Crippen molar-refractivity contribution in [2.75, 3.05) is 6.61 Å². The molecule has 0 saturated carbocycles. The highest BCUT2D eigenvalue weighted by atomic mass is 35.5. The van der Waals surface area contributed by atoms with Gasteiger partial charge in [0, 0.05) is 12.1 Å². The van der Waals surface area contributed by atoms with Crippen molar-refractivity contribution >= 4 is 23.3 Å². The molecule has 106 valence electrons. The summed E-state index contributed by atoms with van der Waals surface area (Å²) in [5, 5.41) is 28.1. The number of carbonyl (C=O) groups excluding carboxylic acids is 1. The molecule has 0 aliphatic rings. The number of aliphatic hydroxyl groups is 1. The van der Waals surface area contributed by atoms with E-state index < -0.39 is 21.9 Å². The van der Waals surface area contributed by atoms with Crippen molar-refractivity contribution in [3.63, 3.8) is 0 Å². The van der Waals surface area contributed by atoms with Gasteiger partial charge in [0.15, 0.2) is 0 Å². The molecule has 0 aliphatic heterocycles. The Bertz CT molecular complexity index is 554. The lowest BCUT2D eigenvalue weighted by Gasteiger charge is -2.23. The molecule has 1 aromatic carbocycles. The molecular weight excluding hydrogens is 288 g/mol. The first-order valence-electron chi connectivity index (χ1n) is 5.56. The number of non-ortho nitro benzene ring substituents is 1. The fraction of sp³-hybridized carbons (Fsp3) is 0.333. The monoisotopic (exact) mass is 298 g/mol. The number of nitriles is 1. The van der Waals surface area contributed by atoms with Gasteiger partial charge in [-0.05, 0) is 12.5 Å². The Morgan fingerprint density at radius 2 is 2.15 bits per heavy atom. The number of nitro groups is 1. The van der Waals surface area contributed by atoms with E-state index in [0.717, 1.165) is 12.1 Å². The molecule has 0 aliphatic carbocycles. The number of halogens is 1. The quantitative estimate of drug-likeness (QED) is 0.291. The molecule has 0 saturated heterocycles. The van der Waals surface area contributed by atoms with Gasteiger partial charge >= 0.3 is 5.97 Å². The van der Waals surface area contributed by atoms with Crippen molar-refractivity contribution in [1.82, 2.24) is 0 Å². The molecule has 20 heavy (non-hydrogen) atoms. The van der Waals surface area contributed by atoms with Crippen LogP contribution < -0.4 is 0 Å². The molecule has 8 heteroatoms. The standard InChI is InChI=1S/C12H11ClN2O5/c1-2-20-11(16)12(17,7-14)10(13)8-3-5-9(6-4-8)15(18)19/h3-6,10,17H,2H2,1H3. The molecular formula is C12H11ClN2O5. The lowest BCUT2D eigenvalue weighted by Crippen LogP contribution is -2.42. The van der Waals surface area contributed by atoms with Gasteiger partial charge in [0.2, 0.25) is 0 Å². The Morgan fingerprint density at radius 1 is 1.60 bits per heavy atom. The molecule has 2 atom stereocenters. The van der Waals surface area contributed by atoms with E-state index in [-0.39, 0.29) is 17.9 Å². The second-order valence-electron chi connectivity index (χ2n) is 3.81. The van der Waals surface area contributed by atoms with Crippen molar-refractivity contribution in [3.05, 3.63) is 39.9 Å². The summed E-state index contributed by atoms with van der Waals surface area (Å²) in [6.45, 7) is 1.50. The van der Waals surface area contributed by atoms with Crippen LogP contribution in [0.3, 0.4) is 0 Å². The summed E-state index contributed by atoms with van der Waals surface area (Å²) in [4.78, 5) is 21.5. The van der Waals surface area contributed by atoms with Gasteiger partial charge in [-0.2, -0.15) is 5.26 Å². The molecule has 0 amide bonds. The lowest BCUT2D eigenvalue weighted by atomic mass is 9.95. The van der Waals surface area contributed by atoms with E-state index >= 15 is 0 Å². The van der Waals surface area contributed by atoms with Gasteiger partial charge in [0.25, 0.3) is 11.3 Å². The normalized spacial score (nSPS) is 14.7. The second-order valence-corrected chi connectivity index (χ2v) is 4.25. The number of rotatable bonds is 5. The minimum atomic E-state index is -2.56. The zero-order valence-corrected chi connectivity index (χ0v) is 11.2. The zero-order valence-electron chi connectivity index (χ0n) is 10.4. The van der Waals surface area contributed by atoms with E-state index in [0.29, 0.717) is 0 Å². The van der Waals surface area contributed by atoms with Gasteiger partial charge in [-0.25, -0.2) is 4.79 Å². The molecule has 1 N–H and O–H groups in total. The number of nitrogens with zero attached hydrogens (tertiary/aromatic N) is 2. The van der Waals surface area contributed by atoms with Gasteiger partial charge < -0.3 is 9.84 Å². The summed E-state index contributed by atoms with van der Waals surface area (Å²) < 4.78 is 4.60. The average molecular weight is 299 g/mol. The maximum absolute atomic E-state index is 11.6. The summed E-state index contributed by atoms with van der Waals surface area (Å²) in [5.41, 5.74) is -2.54. The molecule has 0 heterocycles. The maximum Gasteiger partial charge on any atom is 0.355 e. The van der Waals surface area contributed by atoms with Crippen molar-refractivity contribution < 1.29 is 19.6 Å². The third-order valence-electron chi connectivity index (χ3n) is 2.52. The largest absolute Gasteiger partial charge is 0.463 e. The van der Waals surface area contributed by atoms with E-state index in [1.807, 2.05) is 0 Å². The zero-order chi connectivity index (χ0) is 15.3. The summed E-state index contributed by atoms with van der Waals surface area (Å²) in [6.07, 6.45) is 0. The number of benzene rings is 1.